The molecule has 0 aliphatic rings. The molecule has 2 aromatic heterocycles. The van der Waals surface area contributed by atoms with E-state index in [1.54, 1.807) is 26.0 Å². The van der Waals surface area contributed by atoms with Crippen molar-refractivity contribution in [3.8, 4) is 0 Å². The fourth-order valence-corrected chi connectivity index (χ4v) is 3.73. The van der Waals surface area contributed by atoms with Crippen LogP contribution in [0.1, 0.15) is 36.4 Å². The van der Waals surface area contributed by atoms with E-state index in [2.05, 4.69) is 21.1 Å². The lowest BCUT2D eigenvalue weighted by Crippen LogP contribution is -2.24. The van der Waals surface area contributed by atoms with Gasteiger partial charge in [0.1, 0.15) is 0 Å². The Bertz CT molecular complexity index is 788. The predicted octanol–water partition coefficient (Wildman–Crippen LogP) is 4.28. The van der Waals surface area contributed by atoms with Crippen LogP contribution in [0, 0.1) is 0 Å². The van der Waals surface area contributed by atoms with E-state index in [4.69, 9.17) is 23.2 Å². The molecule has 6 nitrogen and oxygen atoms in total. The molecule has 2 heterocycles. The van der Waals surface area contributed by atoms with E-state index in [9.17, 15) is 9.59 Å². The Labute approximate surface area is 168 Å². The molecule has 10 heteroatoms. The molecular weight excluding hydrogens is 415 g/mol. The van der Waals surface area contributed by atoms with Gasteiger partial charge in [-0.3, -0.25) is 9.59 Å². The van der Waals surface area contributed by atoms with Crippen molar-refractivity contribution in [3.63, 3.8) is 0 Å². The first-order valence-electron chi connectivity index (χ1n) is 7.53. The maximum atomic E-state index is 11.8. The fraction of sp³-hybridized carbons (Fsp3) is 0.250. The summed E-state index contributed by atoms with van der Waals surface area (Å²) in [6.45, 7) is 3.53. The van der Waals surface area contributed by atoms with Gasteiger partial charge in [-0.15, -0.1) is 22.7 Å². The molecule has 0 bridgehead atoms. The quantitative estimate of drug-likeness (QED) is 0.507. The number of hydrogen-bond acceptors (Lipinski definition) is 6. The largest absolute Gasteiger partial charge is 0.273 e. The first-order chi connectivity index (χ1) is 12.3. The van der Waals surface area contributed by atoms with Gasteiger partial charge in [-0.1, -0.05) is 23.2 Å². The van der Waals surface area contributed by atoms with Gasteiger partial charge in [-0.2, -0.15) is 10.2 Å². The Hall–Kier alpha value is -1.74. The Balaban J connectivity index is 1.75. The zero-order chi connectivity index (χ0) is 19.1. The third kappa shape index (κ3) is 6.53. The molecule has 2 amide bonds. The number of rotatable bonds is 7. The molecule has 0 aliphatic carbocycles. The first kappa shape index (κ1) is 20.6. The Morgan fingerprint density at radius 2 is 1.23 bits per heavy atom. The Kier molecular flexibility index (Phi) is 7.77. The zero-order valence-electron chi connectivity index (χ0n) is 14.0. The highest BCUT2D eigenvalue weighted by molar-refractivity contribution is 7.18. The van der Waals surface area contributed by atoms with E-state index in [1.807, 2.05) is 12.1 Å². The van der Waals surface area contributed by atoms with E-state index in [-0.39, 0.29) is 24.7 Å². The molecule has 0 saturated heterocycles. The van der Waals surface area contributed by atoms with Crippen molar-refractivity contribution in [3.05, 3.63) is 42.7 Å². The SMILES string of the molecule is CC(=NNC(=O)CCC(=O)NN=C(C)c1ccc(Cl)s1)c1ccc(Cl)s1. The lowest BCUT2D eigenvalue weighted by Gasteiger charge is -2.02. The number of amides is 2. The first-order valence-corrected chi connectivity index (χ1v) is 9.91. The summed E-state index contributed by atoms with van der Waals surface area (Å²) in [5.41, 5.74) is 6.14. The van der Waals surface area contributed by atoms with Crippen LogP contribution in [0.3, 0.4) is 0 Å². The summed E-state index contributed by atoms with van der Waals surface area (Å²) in [4.78, 5) is 25.3. The maximum Gasteiger partial charge on any atom is 0.240 e. The lowest BCUT2D eigenvalue weighted by molar-refractivity contribution is -0.126. The molecule has 0 fully saturated rings. The van der Waals surface area contributed by atoms with Crippen molar-refractivity contribution in [1.29, 1.82) is 0 Å². The van der Waals surface area contributed by atoms with Crippen molar-refractivity contribution in [2.75, 3.05) is 0 Å². The van der Waals surface area contributed by atoms with Gasteiger partial charge in [-0.05, 0) is 38.1 Å². The number of thiophene rings is 2. The van der Waals surface area contributed by atoms with Crippen molar-refractivity contribution in [2.24, 2.45) is 10.2 Å². The van der Waals surface area contributed by atoms with Gasteiger partial charge in [0.2, 0.25) is 11.8 Å². The highest BCUT2D eigenvalue weighted by atomic mass is 35.5. The average Bonchev–Trinajstić information content (AvgIpc) is 3.24. The van der Waals surface area contributed by atoms with E-state index in [0.717, 1.165) is 9.75 Å². The van der Waals surface area contributed by atoms with Crippen LogP contribution in [0.4, 0.5) is 0 Å². The number of nitrogens with one attached hydrogen (secondary N) is 2. The van der Waals surface area contributed by atoms with Crippen LogP contribution in [-0.2, 0) is 9.59 Å². The van der Waals surface area contributed by atoms with Crippen LogP contribution in [0.2, 0.25) is 8.67 Å². The summed E-state index contributed by atoms with van der Waals surface area (Å²) in [7, 11) is 0. The van der Waals surface area contributed by atoms with Crippen LogP contribution in [0.15, 0.2) is 34.5 Å². The number of halogens is 2. The molecular formula is C16H16Cl2N4O2S2. The molecule has 2 N–H and O–H groups in total. The zero-order valence-corrected chi connectivity index (χ0v) is 17.2. The van der Waals surface area contributed by atoms with Crippen molar-refractivity contribution >= 4 is 69.1 Å². The smallest absolute Gasteiger partial charge is 0.240 e. The molecule has 0 aliphatic heterocycles. The molecule has 2 aromatic rings. The molecule has 0 aromatic carbocycles. The van der Waals surface area contributed by atoms with Gasteiger partial charge >= 0.3 is 0 Å². The van der Waals surface area contributed by atoms with Crippen LogP contribution in [-0.4, -0.2) is 23.2 Å². The minimum Gasteiger partial charge on any atom is -0.273 e. The molecule has 26 heavy (non-hydrogen) atoms. The van der Waals surface area contributed by atoms with Gasteiger partial charge in [0, 0.05) is 12.8 Å². The Morgan fingerprint density at radius 1 is 0.846 bits per heavy atom. The molecule has 0 spiro atoms. The predicted molar refractivity (Wildman–Crippen MR) is 109 cm³/mol. The summed E-state index contributed by atoms with van der Waals surface area (Å²) in [5.74, 6) is -0.708. The molecule has 138 valence electrons. The number of hydrogen-bond donors (Lipinski definition) is 2. The summed E-state index contributed by atoms with van der Waals surface area (Å²) in [6, 6.07) is 7.18. The second-order valence-electron chi connectivity index (χ2n) is 5.17. The van der Waals surface area contributed by atoms with Gasteiger partial charge in [0.05, 0.1) is 29.9 Å². The molecule has 0 unspecified atom stereocenters. The number of carbonyl (C=O) groups is 2. The van der Waals surface area contributed by atoms with Gasteiger partial charge in [0.25, 0.3) is 0 Å². The summed E-state index contributed by atoms with van der Waals surface area (Å²) in [6.07, 6.45) is 0.0143. The monoisotopic (exact) mass is 430 g/mol. The lowest BCUT2D eigenvalue weighted by atomic mass is 10.3. The summed E-state index contributed by atoms with van der Waals surface area (Å²) in [5, 5.41) is 8.00. The van der Waals surface area contributed by atoms with E-state index in [0.29, 0.717) is 20.1 Å². The van der Waals surface area contributed by atoms with Crippen molar-refractivity contribution in [2.45, 2.75) is 26.7 Å². The topological polar surface area (TPSA) is 82.9 Å². The van der Waals surface area contributed by atoms with Gasteiger partial charge in [-0.25, -0.2) is 10.9 Å². The highest BCUT2D eigenvalue weighted by Gasteiger charge is 2.08. The van der Waals surface area contributed by atoms with Crippen molar-refractivity contribution < 1.29 is 9.59 Å². The number of hydrazone groups is 2. The third-order valence-electron chi connectivity index (χ3n) is 3.14. The Morgan fingerprint density at radius 3 is 1.54 bits per heavy atom. The van der Waals surface area contributed by atoms with Crippen LogP contribution < -0.4 is 10.9 Å². The average molecular weight is 431 g/mol. The second-order valence-corrected chi connectivity index (χ2v) is 8.60. The minimum absolute atomic E-state index is 0.00715. The van der Waals surface area contributed by atoms with Gasteiger partial charge in [0.15, 0.2) is 0 Å². The summed E-state index contributed by atoms with van der Waals surface area (Å²) >= 11 is 14.5. The fourth-order valence-electron chi connectivity index (χ4n) is 1.76. The molecule has 0 atom stereocenters. The van der Waals surface area contributed by atoms with Crippen LogP contribution >= 0.6 is 45.9 Å². The molecule has 0 saturated carbocycles. The molecule has 0 radical (unpaired) electrons. The summed E-state index contributed by atoms with van der Waals surface area (Å²) < 4.78 is 1.30. The number of carbonyl (C=O) groups excluding carboxylic acids is 2. The van der Waals surface area contributed by atoms with E-state index >= 15 is 0 Å². The molecule has 2 rings (SSSR count). The standard InChI is InChI=1S/C16H16Cl2N4O2S2/c1-9(11-3-5-13(17)25-11)19-21-15(23)7-8-16(24)22-20-10(2)12-4-6-14(18)26-12/h3-6H,7-8H2,1-2H3,(H,21,23)(H,22,24). The minimum atomic E-state index is -0.354. The number of nitrogens with zero attached hydrogens (tertiary/aromatic N) is 2. The second kappa shape index (κ2) is 9.82. The van der Waals surface area contributed by atoms with Gasteiger partial charge < -0.3 is 0 Å². The maximum absolute atomic E-state index is 11.8. The van der Waals surface area contributed by atoms with Crippen molar-refractivity contribution in [1.82, 2.24) is 10.9 Å². The van der Waals surface area contributed by atoms with E-state index in [1.165, 1.54) is 22.7 Å². The van der Waals surface area contributed by atoms with Crippen LogP contribution in [0.25, 0.3) is 0 Å². The highest BCUT2D eigenvalue weighted by Crippen LogP contribution is 2.22. The van der Waals surface area contributed by atoms with Crippen LogP contribution in [0.5, 0.6) is 0 Å². The normalized spacial score (nSPS) is 12.2. The van der Waals surface area contributed by atoms with E-state index < -0.39 is 0 Å². The third-order valence-corrected chi connectivity index (χ3v) is 5.82.